The minimum atomic E-state index is -0.402. The number of hydrogen-bond donors (Lipinski definition) is 0. The summed E-state index contributed by atoms with van der Waals surface area (Å²) in [6, 6.07) is 5.87. The van der Waals surface area contributed by atoms with Crippen molar-refractivity contribution in [1.82, 2.24) is 14.9 Å². The molecule has 4 heterocycles. The molecule has 7 heteroatoms. The van der Waals surface area contributed by atoms with E-state index in [1.54, 1.807) is 17.5 Å². The largest absolute Gasteiger partial charge is 0.333 e. The predicted octanol–water partition coefficient (Wildman–Crippen LogP) is 4.61. The van der Waals surface area contributed by atoms with E-state index < -0.39 is 5.66 Å². The van der Waals surface area contributed by atoms with Crippen LogP contribution in [0, 0.1) is 12.3 Å². The fourth-order valence-corrected chi connectivity index (χ4v) is 4.64. The summed E-state index contributed by atoms with van der Waals surface area (Å²) in [5.41, 5.74) is 1.34. The molecule has 0 spiro atoms. The van der Waals surface area contributed by atoms with Gasteiger partial charge in [0.15, 0.2) is 5.66 Å². The number of terminal acetylenes is 1. The van der Waals surface area contributed by atoms with E-state index in [1.165, 1.54) is 0 Å². The molecule has 2 aromatic rings. The van der Waals surface area contributed by atoms with Crippen molar-refractivity contribution >= 4 is 17.2 Å². The Kier molecular flexibility index (Phi) is 5.49. The summed E-state index contributed by atoms with van der Waals surface area (Å²) >= 11 is 1.61. The zero-order valence-corrected chi connectivity index (χ0v) is 16.6. The van der Waals surface area contributed by atoms with Crippen LogP contribution in [0.4, 0.5) is 0 Å². The molecular weight excluding hydrogens is 370 g/mol. The number of likely N-dealkylation sites (tertiary alicyclic amines) is 1. The minimum Gasteiger partial charge on any atom is -0.333 e. The van der Waals surface area contributed by atoms with Crippen LogP contribution in [0.5, 0.6) is 0 Å². The Balaban J connectivity index is 1.43. The molecule has 2 aliphatic heterocycles. The second-order valence-corrected chi connectivity index (χ2v) is 8.16. The molecule has 0 aromatic carbocycles. The van der Waals surface area contributed by atoms with Gasteiger partial charge in [0.25, 0.3) is 0 Å². The van der Waals surface area contributed by atoms with Gasteiger partial charge in [0.2, 0.25) is 5.91 Å². The monoisotopic (exact) mass is 393 g/mol. The van der Waals surface area contributed by atoms with Crippen LogP contribution in [0.1, 0.15) is 56.0 Å². The number of pyridine rings is 1. The molecule has 1 fully saturated rings. The molecule has 0 aliphatic carbocycles. The second kappa shape index (κ2) is 8.19. The number of carbonyl (C=O) groups excluding carboxylic acids is 1. The third-order valence-corrected chi connectivity index (χ3v) is 6.30. The Hall–Kier alpha value is -2.59. The van der Waals surface area contributed by atoms with Crippen molar-refractivity contribution < 1.29 is 4.79 Å². The van der Waals surface area contributed by atoms with Gasteiger partial charge >= 0.3 is 0 Å². The third-order valence-electron chi connectivity index (χ3n) is 5.35. The number of carbonyl (C=O) groups is 1. The Labute approximate surface area is 169 Å². The lowest BCUT2D eigenvalue weighted by Gasteiger charge is -2.34. The molecule has 4 rings (SSSR count). The smallest absolute Gasteiger partial charge is 0.223 e. The van der Waals surface area contributed by atoms with Crippen molar-refractivity contribution in [1.29, 1.82) is 0 Å². The number of thiazole rings is 1. The summed E-state index contributed by atoms with van der Waals surface area (Å²) in [6.07, 6.45) is 12.7. The zero-order chi connectivity index (χ0) is 19.4. The standard InChI is InChI=1S/C21H23N5OS/c1-2-3-11-21(24-25-21)12-10-19(27)26-14-7-5-9-18(26)20-23-17(15-28-20)16-8-4-6-13-22-16/h1,4,6,8,13,15,18H,3,5,7,9-12,14H2. The van der Waals surface area contributed by atoms with E-state index in [9.17, 15) is 4.79 Å². The van der Waals surface area contributed by atoms with Crippen molar-refractivity contribution in [3.63, 3.8) is 0 Å². The highest BCUT2D eigenvalue weighted by atomic mass is 32.1. The molecule has 1 saturated heterocycles. The van der Waals surface area contributed by atoms with E-state index in [0.717, 1.165) is 48.6 Å². The Morgan fingerprint density at radius 1 is 1.29 bits per heavy atom. The summed E-state index contributed by atoms with van der Waals surface area (Å²) in [5, 5.41) is 11.3. The van der Waals surface area contributed by atoms with Crippen molar-refractivity contribution in [2.75, 3.05) is 6.54 Å². The minimum absolute atomic E-state index is 0.0541. The van der Waals surface area contributed by atoms with Gasteiger partial charge in [0.1, 0.15) is 5.01 Å². The number of hydrogen-bond acceptors (Lipinski definition) is 6. The lowest BCUT2D eigenvalue weighted by molar-refractivity contribution is -0.135. The highest BCUT2D eigenvalue weighted by Crippen LogP contribution is 2.39. The topological polar surface area (TPSA) is 70.8 Å². The SMILES string of the molecule is C#CCCC1(CCC(=O)N2CCCCC2c2nc(-c3ccccn3)cs2)N=N1. The van der Waals surface area contributed by atoms with Crippen molar-refractivity contribution in [3.05, 3.63) is 34.8 Å². The molecule has 2 aliphatic rings. The van der Waals surface area contributed by atoms with E-state index in [2.05, 4.69) is 21.1 Å². The van der Waals surface area contributed by atoms with Gasteiger partial charge in [-0.2, -0.15) is 10.2 Å². The van der Waals surface area contributed by atoms with E-state index in [1.807, 2.05) is 28.5 Å². The lowest BCUT2D eigenvalue weighted by atomic mass is 9.99. The molecule has 0 N–H and O–H groups in total. The molecule has 1 unspecified atom stereocenters. The highest BCUT2D eigenvalue weighted by molar-refractivity contribution is 7.10. The van der Waals surface area contributed by atoms with Gasteiger partial charge in [-0.05, 0) is 31.4 Å². The predicted molar refractivity (Wildman–Crippen MR) is 109 cm³/mol. The first-order chi connectivity index (χ1) is 13.7. The van der Waals surface area contributed by atoms with Gasteiger partial charge in [0.05, 0.1) is 17.4 Å². The van der Waals surface area contributed by atoms with Crippen LogP contribution in [0.25, 0.3) is 11.4 Å². The third kappa shape index (κ3) is 4.12. The normalized spacial score (nSPS) is 20.0. The summed E-state index contributed by atoms with van der Waals surface area (Å²) < 4.78 is 0. The maximum absolute atomic E-state index is 13.0. The molecule has 1 atom stereocenters. The van der Waals surface area contributed by atoms with Crippen LogP contribution in [0.15, 0.2) is 40.0 Å². The zero-order valence-electron chi connectivity index (χ0n) is 15.8. The first-order valence-corrected chi connectivity index (χ1v) is 10.6. The van der Waals surface area contributed by atoms with Gasteiger partial charge in [-0.1, -0.05) is 6.07 Å². The fraction of sp³-hybridized carbons (Fsp3) is 0.476. The number of rotatable bonds is 7. The van der Waals surface area contributed by atoms with Crippen molar-refractivity contribution in [2.45, 2.75) is 56.7 Å². The Morgan fingerprint density at radius 2 is 2.18 bits per heavy atom. The Morgan fingerprint density at radius 3 is 2.93 bits per heavy atom. The number of aromatic nitrogens is 2. The molecule has 0 radical (unpaired) electrons. The fourth-order valence-electron chi connectivity index (χ4n) is 3.68. The molecule has 1 amide bonds. The van der Waals surface area contributed by atoms with E-state index >= 15 is 0 Å². The highest BCUT2D eigenvalue weighted by Gasteiger charge is 2.40. The van der Waals surface area contributed by atoms with E-state index in [-0.39, 0.29) is 11.9 Å². The molecule has 0 saturated carbocycles. The van der Waals surface area contributed by atoms with Gasteiger partial charge in [-0.15, -0.1) is 23.7 Å². The number of piperidine rings is 1. The van der Waals surface area contributed by atoms with Gasteiger partial charge in [-0.25, -0.2) is 4.98 Å². The Bertz CT molecular complexity index is 895. The second-order valence-electron chi connectivity index (χ2n) is 7.27. The molecular formula is C21H23N5OS. The molecule has 2 aromatic heterocycles. The molecule has 6 nitrogen and oxygen atoms in total. The number of amides is 1. The summed E-state index contributed by atoms with van der Waals surface area (Å²) in [4.78, 5) is 24.2. The summed E-state index contributed by atoms with van der Waals surface area (Å²) in [6.45, 7) is 0.785. The average molecular weight is 394 g/mol. The van der Waals surface area contributed by atoms with Crippen molar-refractivity contribution in [2.24, 2.45) is 10.2 Å². The van der Waals surface area contributed by atoms with Crippen LogP contribution in [-0.4, -0.2) is 33.0 Å². The maximum Gasteiger partial charge on any atom is 0.223 e. The summed E-state index contributed by atoms with van der Waals surface area (Å²) in [7, 11) is 0. The van der Waals surface area contributed by atoms with E-state index in [4.69, 9.17) is 11.4 Å². The van der Waals surface area contributed by atoms with Crippen LogP contribution < -0.4 is 0 Å². The first kappa shape index (κ1) is 18.8. The van der Waals surface area contributed by atoms with Crippen LogP contribution in [0.2, 0.25) is 0 Å². The quantitative estimate of drug-likeness (QED) is 0.645. The van der Waals surface area contributed by atoms with Crippen molar-refractivity contribution in [3.8, 4) is 23.7 Å². The molecule has 0 bridgehead atoms. The number of nitrogens with zero attached hydrogens (tertiary/aromatic N) is 5. The average Bonchev–Trinajstić information content (AvgIpc) is 3.35. The van der Waals surface area contributed by atoms with Crippen LogP contribution in [-0.2, 0) is 4.79 Å². The van der Waals surface area contributed by atoms with Crippen LogP contribution >= 0.6 is 11.3 Å². The summed E-state index contributed by atoms with van der Waals surface area (Å²) in [5.74, 6) is 2.80. The first-order valence-electron chi connectivity index (χ1n) is 9.75. The van der Waals surface area contributed by atoms with Crippen LogP contribution in [0.3, 0.4) is 0 Å². The van der Waals surface area contributed by atoms with E-state index in [0.29, 0.717) is 19.3 Å². The maximum atomic E-state index is 13.0. The van der Waals surface area contributed by atoms with Gasteiger partial charge < -0.3 is 4.90 Å². The molecule has 144 valence electrons. The molecule has 28 heavy (non-hydrogen) atoms. The van der Waals surface area contributed by atoms with Gasteiger partial charge in [0, 0.05) is 43.8 Å². The lowest BCUT2D eigenvalue weighted by Crippen LogP contribution is -2.38. The van der Waals surface area contributed by atoms with Gasteiger partial charge in [-0.3, -0.25) is 9.78 Å².